The summed E-state index contributed by atoms with van der Waals surface area (Å²) in [6, 6.07) is 24.8. The van der Waals surface area contributed by atoms with Gasteiger partial charge in [-0.05, 0) is 53.4 Å². The first kappa shape index (κ1) is 16.7. The first-order valence-corrected chi connectivity index (χ1v) is 8.80. The van der Waals surface area contributed by atoms with Gasteiger partial charge in [0.15, 0.2) is 6.29 Å². The molecular weight excluding hydrogens is 330 g/mol. The molecule has 1 unspecified atom stereocenters. The van der Waals surface area contributed by atoms with Crippen LogP contribution in [0.15, 0.2) is 83.8 Å². The van der Waals surface area contributed by atoms with Crippen molar-refractivity contribution in [3.8, 4) is 23.0 Å². The molecule has 3 aromatic rings. The van der Waals surface area contributed by atoms with Crippen LogP contribution in [0, 0.1) is 11.8 Å². The first-order chi connectivity index (χ1) is 12.3. The van der Waals surface area contributed by atoms with Crippen LogP contribution in [-0.4, -0.2) is 10.5 Å². The predicted octanol–water partition coefficient (Wildman–Crippen LogP) is 4.04. The Morgan fingerprint density at radius 1 is 0.800 bits per heavy atom. The summed E-state index contributed by atoms with van der Waals surface area (Å²) in [5, 5.41) is 0. The molecule has 0 aliphatic carbocycles. The summed E-state index contributed by atoms with van der Waals surface area (Å²) in [6.07, 6.45) is 0.556. The van der Waals surface area contributed by atoms with Crippen molar-refractivity contribution in [1.82, 2.24) is 0 Å². The zero-order chi connectivity index (χ0) is 17.5. The maximum atomic E-state index is 12.4. The van der Waals surface area contributed by atoms with E-state index < -0.39 is 11.0 Å². The van der Waals surface area contributed by atoms with Crippen molar-refractivity contribution in [1.29, 1.82) is 0 Å². The average molecular weight is 345 g/mol. The normalized spacial score (nSPS) is 11.0. The minimum Gasteiger partial charge on any atom is -0.301 e. The summed E-state index contributed by atoms with van der Waals surface area (Å²) < 4.78 is 15.4. The maximum absolute atomic E-state index is 12.4. The van der Waals surface area contributed by atoms with Gasteiger partial charge in [0, 0.05) is 11.3 Å². The van der Waals surface area contributed by atoms with Gasteiger partial charge in [-0.2, -0.15) is 0 Å². The Bertz CT molecular complexity index is 937. The third-order valence-corrected chi connectivity index (χ3v) is 4.67. The Morgan fingerprint density at radius 2 is 1.44 bits per heavy atom. The van der Waals surface area contributed by atoms with E-state index in [1.807, 2.05) is 54.6 Å². The average Bonchev–Trinajstić information content (AvgIpc) is 2.68. The molecular formula is C21H15NO2S. The number of carbonyl (C=O) groups is 1. The smallest absolute Gasteiger partial charge is 0.193 e. The van der Waals surface area contributed by atoms with E-state index in [4.69, 9.17) is 0 Å². The highest BCUT2D eigenvalue weighted by molar-refractivity contribution is 7.86. The number of hydrogen-bond acceptors (Lipinski definition) is 2. The van der Waals surface area contributed by atoms with Gasteiger partial charge in [0.1, 0.15) is 11.0 Å². The van der Waals surface area contributed by atoms with Gasteiger partial charge >= 0.3 is 0 Å². The largest absolute Gasteiger partial charge is 0.301 e. The number of rotatable bonds is 4. The third-order valence-electron chi connectivity index (χ3n) is 3.55. The van der Waals surface area contributed by atoms with E-state index in [9.17, 15) is 9.00 Å². The summed E-state index contributed by atoms with van der Waals surface area (Å²) in [6.45, 7) is 0. The van der Waals surface area contributed by atoms with Crippen LogP contribution >= 0.6 is 0 Å². The van der Waals surface area contributed by atoms with Crippen LogP contribution in [0.4, 0.5) is 5.69 Å². The Labute approximate surface area is 149 Å². The van der Waals surface area contributed by atoms with Gasteiger partial charge in [-0.25, -0.2) is 4.21 Å². The Hall–Kier alpha value is -3.16. The van der Waals surface area contributed by atoms with E-state index in [2.05, 4.69) is 16.6 Å². The Balaban J connectivity index is 1.70. The Kier molecular flexibility index (Phi) is 5.40. The second kappa shape index (κ2) is 8.09. The van der Waals surface area contributed by atoms with Crippen LogP contribution < -0.4 is 4.72 Å². The van der Waals surface area contributed by atoms with Crippen LogP contribution in [-0.2, 0) is 15.8 Å². The second-order valence-electron chi connectivity index (χ2n) is 5.23. The van der Waals surface area contributed by atoms with Crippen LogP contribution in [0.5, 0.6) is 0 Å². The van der Waals surface area contributed by atoms with Gasteiger partial charge in [-0.1, -0.05) is 48.4 Å². The third kappa shape index (κ3) is 4.43. The summed E-state index contributed by atoms with van der Waals surface area (Å²) in [7, 11) is -1.35. The second-order valence-corrected chi connectivity index (χ2v) is 6.44. The summed E-state index contributed by atoms with van der Waals surface area (Å²) in [4.78, 5) is 10.9. The highest BCUT2D eigenvalue weighted by Crippen LogP contribution is 2.21. The molecule has 0 aromatic heterocycles. The van der Waals surface area contributed by atoms with Crippen LogP contribution in [0.25, 0.3) is 11.1 Å². The number of aldehydes is 1. The summed E-state index contributed by atoms with van der Waals surface area (Å²) in [5.74, 6) is 5.07. The zero-order valence-electron chi connectivity index (χ0n) is 13.3. The lowest BCUT2D eigenvalue weighted by atomic mass is 10.1. The van der Waals surface area contributed by atoms with Crippen LogP contribution in [0.3, 0.4) is 0 Å². The Morgan fingerprint density at radius 3 is 2.08 bits per heavy atom. The molecule has 0 fully saturated rings. The van der Waals surface area contributed by atoms with Gasteiger partial charge in [0.2, 0.25) is 0 Å². The molecule has 3 rings (SSSR count). The van der Waals surface area contributed by atoms with Crippen LogP contribution in [0.2, 0.25) is 0 Å². The molecule has 1 atom stereocenters. The molecule has 0 aliphatic rings. The molecule has 3 aromatic carbocycles. The molecule has 122 valence electrons. The topological polar surface area (TPSA) is 46.2 Å². The molecule has 3 nitrogen and oxygen atoms in total. The highest BCUT2D eigenvalue weighted by atomic mass is 32.2. The van der Waals surface area contributed by atoms with Gasteiger partial charge in [0.05, 0.1) is 4.90 Å². The van der Waals surface area contributed by atoms with Gasteiger partial charge in [-0.3, -0.25) is 4.79 Å². The van der Waals surface area contributed by atoms with E-state index in [0.29, 0.717) is 11.2 Å². The van der Waals surface area contributed by atoms with E-state index in [1.165, 1.54) is 0 Å². The number of carbonyl (C=O) groups excluding carboxylic acids is 1. The summed E-state index contributed by atoms with van der Waals surface area (Å²) in [5.41, 5.74) is 3.66. The van der Waals surface area contributed by atoms with Crippen molar-refractivity contribution in [2.45, 2.75) is 4.90 Å². The standard InChI is InChI=1S/C21H15NO2S/c23-16-4-5-17-8-12-20(13-9-17)22-25(24)21-14-10-19(11-15-21)18-6-2-1-3-7-18/h1-3,6-16,22H. The van der Waals surface area contributed by atoms with Crippen molar-refractivity contribution < 1.29 is 9.00 Å². The molecule has 4 heteroatoms. The molecule has 25 heavy (non-hydrogen) atoms. The van der Waals surface area contributed by atoms with E-state index in [0.717, 1.165) is 22.4 Å². The fraction of sp³-hybridized carbons (Fsp3) is 0. The number of anilines is 1. The number of nitrogens with one attached hydrogen (secondary N) is 1. The molecule has 0 spiro atoms. The molecule has 0 heterocycles. The molecule has 1 N–H and O–H groups in total. The van der Waals surface area contributed by atoms with Crippen molar-refractivity contribution in [2.24, 2.45) is 0 Å². The number of benzene rings is 3. The fourth-order valence-electron chi connectivity index (χ4n) is 2.30. The molecule has 0 amide bonds. The predicted molar refractivity (Wildman–Crippen MR) is 101 cm³/mol. The quantitative estimate of drug-likeness (QED) is 0.573. The highest BCUT2D eigenvalue weighted by Gasteiger charge is 2.05. The van der Waals surface area contributed by atoms with Crippen molar-refractivity contribution in [2.75, 3.05) is 4.72 Å². The van der Waals surface area contributed by atoms with Crippen molar-refractivity contribution >= 4 is 23.0 Å². The zero-order valence-corrected chi connectivity index (χ0v) is 14.1. The number of hydrogen-bond donors (Lipinski definition) is 1. The molecule has 0 radical (unpaired) electrons. The van der Waals surface area contributed by atoms with E-state index in [1.54, 1.807) is 24.3 Å². The lowest BCUT2D eigenvalue weighted by Crippen LogP contribution is -2.04. The first-order valence-electron chi connectivity index (χ1n) is 7.65. The van der Waals surface area contributed by atoms with Crippen molar-refractivity contribution in [3.63, 3.8) is 0 Å². The minimum atomic E-state index is -1.35. The molecule has 0 saturated heterocycles. The summed E-state index contributed by atoms with van der Waals surface area (Å²) >= 11 is 0. The SMILES string of the molecule is O=CC#Cc1ccc(NS(=O)c2ccc(-c3ccccc3)cc2)cc1. The minimum absolute atomic E-state index is 0.556. The van der Waals surface area contributed by atoms with E-state index >= 15 is 0 Å². The monoisotopic (exact) mass is 345 g/mol. The van der Waals surface area contributed by atoms with Crippen molar-refractivity contribution in [3.05, 3.63) is 84.4 Å². The maximum Gasteiger partial charge on any atom is 0.193 e. The molecule has 0 aliphatic heterocycles. The van der Waals surface area contributed by atoms with Gasteiger partial charge < -0.3 is 4.72 Å². The molecule has 0 bridgehead atoms. The lowest BCUT2D eigenvalue weighted by Gasteiger charge is -2.07. The lowest BCUT2D eigenvalue weighted by molar-refractivity contribution is -0.103. The van der Waals surface area contributed by atoms with Gasteiger partial charge in [0.25, 0.3) is 0 Å². The van der Waals surface area contributed by atoms with E-state index in [-0.39, 0.29) is 0 Å². The van der Waals surface area contributed by atoms with Gasteiger partial charge in [-0.15, -0.1) is 0 Å². The fourth-order valence-corrected chi connectivity index (χ4v) is 3.15. The van der Waals surface area contributed by atoms with Crippen LogP contribution in [0.1, 0.15) is 5.56 Å². The molecule has 0 saturated carbocycles.